The molecule has 0 aliphatic carbocycles. The van der Waals surface area contributed by atoms with Crippen molar-refractivity contribution in [2.24, 2.45) is 0 Å². The van der Waals surface area contributed by atoms with Gasteiger partial charge in [0.2, 0.25) is 0 Å². The van der Waals surface area contributed by atoms with Crippen molar-refractivity contribution >= 4 is 10.9 Å². The maximum atomic E-state index is 4.18. The predicted molar refractivity (Wildman–Crippen MR) is 57.6 cm³/mol. The van der Waals surface area contributed by atoms with Gasteiger partial charge in [0.1, 0.15) is 0 Å². The molecule has 1 aromatic heterocycles. The van der Waals surface area contributed by atoms with Gasteiger partial charge in [-0.15, -0.1) is 6.58 Å². The first-order valence-corrected chi connectivity index (χ1v) is 4.25. The molecule has 0 atom stereocenters. The van der Waals surface area contributed by atoms with Crippen LogP contribution in [0.25, 0.3) is 10.9 Å². The number of para-hydroxylation sites is 1. The molecule has 0 bridgehead atoms. The summed E-state index contributed by atoms with van der Waals surface area (Å²) in [5, 5.41) is 1.20. The second kappa shape index (κ2) is 5.09. The van der Waals surface area contributed by atoms with Crippen LogP contribution in [0.3, 0.4) is 0 Å². The topological polar surface area (TPSA) is 12.9 Å². The van der Waals surface area contributed by atoms with E-state index in [-0.39, 0.29) is 0 Å². The molecule has 66 valence electrons. The number of rotatable bonds is 0. The van der Waals surface area contributed by atoms with Crippen LogP contribution < -0.4 is 0 Å². The van der Waals surface area contributed by atoms with Crippen molar-refractivity contribution in [1.29, 1.82) is 0 Å². The van der Waals surface area contributed by atoms with E-state index in [9.17, 15) is 0 Å². The Bertz CT molecular complexity index is 314. The van der Waals surface area contributed by atoms with Gasteiger partial charge < -0.3 is 0 Å². The second-order valence-corrected chi connectivity index (χ2v) is 2.60. The number of nitrogens with zero attached hydrogens (tertiary/aromatic N) is 1. The zero-order valence-electron chi connectivity index (χ0n) is 7.77. The van der Waals surface area contributed by atoms with Crippen LogP contribution in [0.1, 0.15) is 6.92 Å². The molecule has 0 unspecified atom stereocenters. The van der Waals surface area contributed by atoms with E-state index in [0.717, 1.165) is 5.52 Å². The Morgan fingerprint density at radius 1 is 1.15 bits per heavy atom. The van der Waals surface area contributed by atoms with E-state index in [1.807, 2.05) is 37.4 Å². The summed E-state index contributed by atoms with van der Waals surface area (Å²) in [4.78, 5) is 4.18. The minimum absolute atomic E-state index is 1.06. The van der Waals surface area contributed by atoms with E-state index in [0.29, 0.717) is 0 Å². The Morgan fingerprint density at radius 2 is 1.77 bits per heavy atom. The molecule has 0 N–H and O–H groups in total. The van der Waals surface area contributed by atoms with E-state index < -0.39 is 0 Å². The minimum Gasteiger partial charge on any atom is -0.256 e. The lowest BCUT2D eigenvalue weighted by molar-refractivity contribution is 1.41. The molecule has 1 heterocycles. The van der Waals surface area contributed by atoms with E-state index in [4.69, 9.17) is 0 Å². The third kappa shape index (κ3) is 2.71. The summed E-state index contributed by atoms with van der Waals surface area (Å²) in [6, 6.07) is 12.1. The molecule has 0 saturated heterocycles. The quantitative estimate of drug-likeness (QED) is 0.553. The van der Waals surface area contributed by atoms with Gasteiger partial charge in [0.05, 0.1) is 5.52 Å². The molecule has 2 rings (SSSR count). The maximum Gasteiger partial charge on any atom is 0.0701 e. The summed E-state index contributed by atoms with van der Waals surface area (Å²) in [7, 11) is 0. The third-order valence-corrected chi connectivity index (χ3v) is 1.51. The molecule has 0 aliphatic rings. The average Bonchev–Trinajstić information content (AvgIpc) is 2.19. The van der Waals surface area contributed by atoms with Crippen LogP contribution in [0, 0.1) is 0 Å². The molecule has 2 aromatic rings. The summed E-state index contributed by atoms with van der Waals surface area (Å²) in [6.45, 7) is 5.25. The van der Waals surface area contributed by atoms with Crippen LogP contribution in [0.4, 0.5) is 0 Å². The number of allylic oxidation sites excluding steroid dienone is 1. The first kappa shape index (κ1) is 9.46. The molecule has 0 spiro atoms. The SMILES string of the molecule is C=CC.c1ccc2ncccc2c1. The van der Waals surface area contributed by atoms with E-state index >= 15 is 0 Å². The van der Waals surface area contributed by atoms with Crippen molar-refractivity contribution in [3.8, 4) is 0 Å². The Morgan fingerprint density at radius 3 is 2.46 bits per heavy atom. The second-order valence-electron chi connectivity index (χ2n) is 2.60. The van der Waals surface area contributed by atoms with Crippen molar-refractivity contribution in [3.63, 3.8) is 0 Å². The molecule has 1 aromatic carbocycles. The van der Waals surface area contributed by atoms with Crippen LogP contribution in [0.2, 0.25) is 0 Å². The Labute approximate surface area is 78.7 Å². The highest BCUT2D eigenvalue weighted by Gasteiger charge is 1.86. The fourth-order valence-electron chi connectivity index (χ4n) is 1.02. The molecule has 0 saturated carbocycles. The Balaban J connectivity index is 0.000000251. The van der Waals surface area contributed by atoms with Crippen LogP contribution in [-0.4, -0.2) is 4.98 Å². The van der Waals surface area contributed by atoms with Gasteiger partial charge in [-0.2, -0.15) is 0 Å². The Hall–Kier alpha value is -1.63. The van der Waals surface area contributed by atoms with E-state index in [1.54, 1.807) is 6.08 Å². The average molecular weight is 171 g/mol. The first-order chi connectivity index (χ1) is 6.38. The lowest BCUT2D eigenvalue weighted by atomic mass is 10.2. The number of hydrogen-bond acceptors (Lipinski definition) is 1. The smallest absolute Gasteiger partial charge is 0.0701 e. The van der Waals surface area contributed by atoms with Gasteiger partial charge in [-0.05, 0) is 19.1 Å². The number of hydrogen-bond donors (Lipinski definition) is 0. The zero-order chi connectivity index (χ0) is 9.52. The molecular formula is C12H13N. The summed E-state index contributed by atoms with van der Waals surface area (Å²) in [5.74, 6) is 0. The standard InChI is InChI=1S/C9H7N.C3H6/c1-2-6-9-8(4-1)5-3-7-10-9;1-3-2/h1-7H;3H,1H2,2H3. The maximum absolute atomic E-state index is 4.18. The number of benzene rings is 1. The largest absolute Gasteiger partial charge is 0.256 e. The monoisotopic (exact) mass is 171 g/mol. The number of aromatic nitrogens is 1. The predicted octanol–water partition coefficient (Wildman–Crippen LogP) is 3.43. The molecule has 13 heavy (non-hydrogen) atoms. The summed E-state index contributed by atoms with van der Waals surface area (Å²) < 4.78 is 0. The highest BCUT2D eigenvalue weighted by Crippen LogP contribution is 2.07. The van der Waals surface area contributed by atoms with Crippen molar-refractivity contribution in [3.05, 3.63) is 55.3 Å². The highest BCUT2D eigenvalue weighted by atomic mass is 14.6. The normalized spacial score (nSPS) is 8.69. The van der Waals surface area contributed by atoms with Gasteiger partial charge in [0.15, 0.2) is 0 Å². The van der Waals surface area contributed by atoms with Crippen LogP contribution in [-0.2, 0) is 0 Å². The summed E-state index contributed by atoms with van der Waals surface area (Å²) in [6.07, 6.45) is 3.56. The van der Waals surface area contributed by atoms with Crippen LogP contribution in [0.15, 0.2) is 55.3 Å². The molecule has 0 amide bonds. The van der Waals surface area contributed by atoms with Gasteiger partial charge in [-0.25, -0.2) is 0 Å². The van der Waals surface area contributed by atoms with Crippen molar-refractivity contribution < 1.29 is 0 Å². The fourth-order valence-corrected chi connectivity index (χ4v) is 1.02. The minimum atomic E-state index is 1.06. The third-order valence-electron chi connectivity index (χ3n) is 1.51. The molecule has 0 fully saturated rings. The molecule has 0 radical (unpaired) electrons. The van der Waals surface area contributed by atoms with Gasteiger partial charge in [-0.3, -0.25) is 4.98 Å². The van der Waals surface area contributed by atoms with Crippen molar-refractivity contribution in [1.82, 2.24) is 4.98 Å². The fraction of sp³-hybridized carbons (Fsp3) is 0.0833. The van der Waals surface area contributed by atoms with E-state index in [2.05, 4.69) is 23.7 Å². The van der Waals surface area contributed by atoms with Crippen LogP contribution >= 0.6 is 0 Å². The Kier molecular flexibility index (Phi) is 3.71. The number of fused-ring (bicyclic) bond motifs is 1. The van der Waals surface area contributed by atoms with Gasteiger partial charge in [-0.1, -0.05) is 30.3 Å². The molecule has 1 nitrogen and oxygen atoms in total. The first-order valence-electron chi connectivity index (χ1n) is 4.25. The lowest BCUT2D eigenvalue weighted by Crippen LogP contribution is -1.73. The molecule has 1 heteroatoms. The molecule has 0 aliphatic heterocycles. The lowest BCUT2D eigenvalue weighted by Gasteiger charge is -1.91. The van der Waals surface area contributed by atoms with E-state index in [1.165, 1.54) is 5.39 Å². The summed E-state index contributed by atoms with van der Waals surface area (Å²) >= 11 is 0. The van der Waals surface area contributed by atoms with Gasteiger partial charge in [0.25, 0.3) is 0 Å². The zero-order valence-corrected chi connectivity index (χ0v) is 7.77. The van der Waals surface area contributed by atoms with Crippen molar-refractivity contribution in [2.45, 2.75) is 6.92 Å². The van der Waals surface area contributed by atoms with Crippen LogP contribution in [0.5, 0.6) is 0 Å². The number of pyridine rings is 1. The van der Waals surface area contributed by atoms with Gasteiger partial charge >= 0.3 is 0 Å². The van der Waals surface area contributed by atoms with Gasteiger partial charge in [0, 0.05) is 11.6 Å². The molecular weight excluding hydrogens is 158 g/mol. The highest BCUT2D eigenvalue weighted by molar-refractivity contribution is 5.77. The summed E-state index contributed by atoms with van der Waals surface area (Å²) in [5.41, 5.74) is 1.06. The van der Waals surface area contributed by atoms with Crippen molar-refractivity contribution in [2.75, 3.05) is 0 Å².